The van der Waals surface area contributed by atoms with E-state index in [2.05, 4.69) is 5.32 Å². The quantitative estimate of drug-likeness (QED) is 0.257. The molecule has 2 saturated heterocycles. The van der Waals surface area contributed by atoms with E-state index in [1.54, 1.807) is 0 Å². The fourth-order valence-electron chi connectivity index (χ4n) is 2.92. The summed E-state index contributed by atoms with van der Waals surface area (Å²) in [6.07, 6.45) is -12.3. The van der Waals surface area contributed by atoms with Gasteiger partial charge in [0.15, 0.2) is 12.6 Å². The lowest BCUT2D eigenvalue weighted by Crippen LogP contribution is -2.66. The molecule has 0 bridgehead atoms. The standard InChI is InChI=1S/C14H25NO10/c1-4-8(18)10(20)11(21)14(23-4)25-12-6(3-16)24-13(22)7(9(12)19)15-5(2)17/h4,6-14,16,18-22H,3H2,1-2H3,(H,15,17)/t4-,6-,7+,8-,9-,10+,11+,12-,13-,14+/m1/s1. The molecule has 0 aromatic carbocycles. The third-order valence-electron chi connectivity index (χ3n) is 4.34. The van der Waals surface area contributed by atoms with Crippen LogP contribution in [0.2, 0.25) is 0 Å². The Morgan fingerprint density at radius 2 is 1.68 bits per heavy atom. The number of rotatable bonds is 4. The summed E-state index contributed by atoms with van der Waals surface area (Å²) in [6.45, 7) is 2.01. The summed E-state index contributed by atoms with van der Waals surface area (Å²) < 4.78 is 15.9. The lowest BCUT2D eigenvalue weighted by atomic mass is 9.95. The van der Waals surface area contributed by atoms with E-state index in [9.17, 15) is 35.4 Å². The summed E-state index contributed by atoms with van der Waals surface area (Å²) in [6, 6.07) is -1.24. The molecule has 0 aliphatic carbocycles. The monoisotopic (exact) mass is 367 g/mol. The lowest BCUT2D eigenvalue weighted by molar-refractivity contribution is -0.341. The number of carbonyl (C=O) groups excluding carboxylic acids is 1. The van der Waals surface area contributed by atoms with Crippen molar-refractivity contribution in [1.82, 2.24) is 5.32 Å². The van der Waals surface area contributed by atoms with Crippen molar-refractivity contribution in [2.45, 2.75) is 75.2 Å². The van der Waals surface area contributed by atoms with Crippen molar-refractivity contribution in [2.24, 2.45) is 0 Å². The molecule has 2 aliphatic rings. The van der Waals surface area contributed by atoms with Gasteiger partial charge in [-0.1, -0.05) is 0 Å². The number of carbonyl (C=O) groups is 1. The molecular weight excluding hydrogens is 342 g/mol. The molecule has 0 radical (unpaired) electrons. The summed E-state index contributed by atoms with van der Waals surface area (Å²) in [5, 5.41) is 61.5. The summed E-state index contributed by atoms with van der Waals surface area (Å²) in [5.74, 6) is -0.533. The summed E-state index contributed by atoms with van der Waals surface area (Å²) >= 11 is 0. The maximum absolute atomic E-state index is 11.2. The van der Waals surface area contributed by atoms with Crippen LogP contribution in [0, 0.1) is 0 Å². The van der Waals surface area contributed by atoms with Crippen LogP contribution in [0.1, 0.15) is 13.8 Å². The van der Waals surface area contributed by atoms with E-state index in [0.29, 0.717) is 0 Å². The maximum atomic E-state index is 11.2. The second-order valence-electron chi connectivity index (χ2n) is 6.25. The van der Waals surface area contributed by atoms with Crippen LogP contribution in [0.15, 0.2) is 0 Å². The van der Waals surface area contributed by atoms with Crippen molar-refractivity contribution in [1.29, 1.82) is 0 Å². The Hall–Kier alpha value is -0.890. The van der Waals surface area contributed by atoms with E-state index in [0.717, 1.165) is 0 Å². The van der Waals surface area contributed by atoms with Gasteiger partial charge in [0, 0.05) is 6.92 Å². The van der Waals surface area contributed by atoms with E-state index in [1.807, 2.05) is 0 Å². The van der Waals surface area contributed by atoms with Crippen LogP contribution in [0.3, 0.4) is 0 Å². The molecule has 10 atom stereocenters. The highest BCUT2D eigenvalue weighted by Gasteiger charge is 2.50. The van der Waals surface area contributed by atoms with Crippen LogP contribution in [0.4, 0.5) is 0 Å². The molecule has 11 heteroatoms. The van der Waals surface area contributed by atoms with Gasteiger partial charge in [0.25, 0.3) is 0 Å². The van der Waals surface area contributed by atoms with Crippen LogP contribution < -0.4 is 5.32 Å². The van der Waals surface area contributed by atoms with E-state index in [-0.39, 0.29) is 0 Å². The largest absolute Gasteiger partial charge is 0.394 e. The van der Waals surface area contributed by atoms with Crippen molar-refractivity contribution in [3.8, 4) is 0 Å². The molecule has 2 rings (SSSR count). The normalized spacial score (nSPS) is 48.2. The number of amides is 1. The van der Waals surface area contributed by atoms with Crippen molar-refractivity contribution < 1.29 is 49.6 Å². The fourth-order valence-corrected chi connectivity index (χ4v) is 2.92. The molecule has 25 heavy (non-hydrogen) atoms. The second kappa shape index (κ2) is 8.20. The predicted octanol–water partition coefficient (Wildman–Crippen LogP) is -4.23. The highest BCUT2D eigenvalue weighted by atomic mass is 16.7. The fraction of sp³-hybridized carbons (Fsp3) is 0.929. The maximum Gasteiger partial charge on any atom is 0.217 e. The smallest absolute Gasteiger partial charge is 0.217 e. The highest BCUT2D eigenvalue weighted by Crippen LogP contribution is 2.28. The van der Waals surface area contributed by atoms with Crippen molar-refractivity contribution in [3.63, 3.8) is 0 Å². The second-order valence-corrected chi connectivity index (χ2v) is 6.25. The molecule has 146 valence electrons. The van der Waals surface area contributed by atoms with Crippen molar-refractivity contribution in [3.05, 3.63) is 0 Å². The zero-order chi connectivity index (χ0) is 18.9. The SMILES string of the molecule is CC(=O)N[C@H]1[C@@H](O)[C@H](O[C@@H]2O[C@H](C)[C@@H](O)[C@H](O)[C@@H]2O)[C@@H](CO)O[C@H]1O. The molecular formula is C14H25NO10. The van der Waals surface area contributed by atoms with Gasteiger partial charge in [0.2, 0.25) is 5.91 Å². The Bertz CT molecular complexity index is 465. The minimum atomic E-state index is -1.62. The van der Waals surface area contributed by atoms with Gasteiger partial charge < -0.3 is 50.2 Å². The van der Waals surface area contributed by atoms with Gasteiger partial charge >= 0.3 is 0 Å². The van der Waals surface area contributed by atoms with Crippen LogP contribution in [-0.4, -0.2) is 105 Å². The number of hydrogen-bond acceptors (Lipinski definition) is 10. The minimum absolute atomic E-state index is 0.533. The van der Waals surface area contributed by atoms with Crippen molar-refractivity contribution >= 4 is 5.91 Å². The molecule has 0 unspecified atom stereocenters. The van der Waals surface area contributed by atoms with E-state index in [1.165, 1.54) is 13.8 Å². The predicted molar refractivity (Wildman–Crippen MR) is 78.8 cm³/mol. The Morgan fingerprint density at radius 1 is 1.04 bits per heavy atom. The Kier molecular flexibility index (Phi) is 6.70. The number of nitrogens with one attached hydrogen (secondary N) is 1. The van der Waals surface area contributed by atoms with Gasteiger partial charge in [-0.15, -0.1) is 0 Å². The first kappa shape index (κ1) is 20.4. The molecule has 0 spiro atoms. The van der Waals surface area contributed by atoms with Crippen molar-refractivity contribution in [2.75, 3.05) is 6.61 Å². The molecule has 0 aromatic heterocycles. The third kappa shape index (κ3) is 4.27. The summed E-state index contributed by atoms with van der Waals surface area (Å²) in [7, 11) is 0. The molecule has 2 heterocycles. The Labute approximate surface area is 143 Å². The number of hydrogen-bond donors (Lipinski definition) is 7. The minimum Gasteiger partial charge on any atom is -0.394 e. The zero-order valence-corrected chi connectivity index (χ0v) is 13.8. The molecule has 0 aromatic rings. The van der Waals surface area contributed by atoms with E-state index >= 15 is 0 Å². The van der Waals surface area contributed by atoms with Gasteiger partial charge in [-0.05, 0) is 6.92 Å². The topological polar surface area (TPSA) is 178 Å². The van der Waals surface area contributed by atoms with Gasteiger partial charge in [-0.25, -0.2) is 0 Å². The van der Waals surface area contributed by atoms with Crippen LogP contribution in [-0.2, 0) is 19.0 Å². The molecule has 11 nitrogen and oxygen atoms in total. The Balaban J connectivity index is 2.15. The van der Waals surface area contributed by atoms with E-state index in [4.69, 9.17) is 14.2 Å². The molecule has 7 N–H and O–H groups in total. The number of ether oxygens (including phenoxy) is 3. The molecule has 2 fully saturated rings. The van der Waals surface area contributed by atoms with Gasteiger partial charge in [0.1, 0.15) is 42.7 Å². The zero-order valence-electron chi connectivity index (χ0n) is 13.8. The summed E-state index contributed by atoms with van der Waals surface area (Å²) in [5.41, 5.74) is 0. The molecule has 1 amide bonds. The van der Waals surface area contributed by atoms with Gasteiger partial charge in [-0.3, -0.25) is 4.79 Å². The van der Waals surface area contributed by atoms with E-state index < -0.39 is 73.9 Å². The van der Waals surface area contributed by atoms with Gasteiger partial charge in [0.05, 0.1) is 12.7 Å². The number of aliphatic hydroxyl groups excluding tert-OH is 6. The molecule has 2 aliphatic heterocycles. The Morgan fingerprint density at radius 3 is 2.24 bits per heavy atom. The van der Waals surface area contributed by atoms with Crippen LogP contribution in [0.25, 0.3) is 0 Å². The first-order valence-corrected chi connectivity index (χ1v) is 7.92. The average molecular weight is 367 g/mol. The first-order chi connectivity index (χ1) is 11.7. The van der Waals surface area contributed by atoms with Gasteiger partial charge in [-0.2, -0.15) is 0 Å². The first-order valence-electron chi connectivity index (χ1n) is 7.92. The highest BCUT2D eigenvalue weighted by molar-refractivity contribution is 5.73. The average Bonchev–Trinajstić information content (AvgIpc) is 2.56. The van der Waals surface area contributed by atoms with Crippen LogP contribution in [0.5, 0.6) is 0 Å². The molecule has 0 saturated carbocycles. The summed E-state index contributed by atoms with van der Waals surface area (Å²) in [4.78, 5) is 11.2. The lowest BCUT2D eigenvalue weighted by Gasteiger charge is -2.46. The third-order valence-corrected chi connectivity index (χ3v) is 4.34. The number of aliphatic hydroxyl groups is 6. The van der Waals surface area contributed by atoms with Crippen LogP contribution >= 0.6 is 0 Å².